The first-order valence-electron chi connectivity index (χ1n) is 8.86. The topological polar surface area (TPSA) is 17.1 Å². The van der Waals surface area contributed by atoms with Crippen molar-refractivity contribution >= 4 is 5.78 Å². The van der Waals surface area contributed by atoms with Crippen LogP contribution in [0.2, 0.25) is 0 Å². The SMILES string of the molecule is C=C1CC[C@@]2(C)CC[C@H]3[C@@H](CCC4=CC(=O)CC[C@@]43C)[C@H]12. The van der Waals surface area contributed by atoms with Crippen molar-refractivity contribution in [2.75, 3.05) is 0 Å². The standard InChI is InChI=1S/C20H28O/c1-13-6-9-19(2)10-8-17-16(18(13)19)5-4-14-12-15(21)7-11-20(14,17)3/h12,16-18H,1,4-11H2,2-3H3/t16-,17+,18+,19+,20+/m1/s1. The fraction of sp³-hybridized carbons (Fsp3) is 0.750. The van der Waals surface area contributed by atoms with Crippen LogP contribution < -0.4 is 0 Å². The monoisotopic (exact) mass is 284 g/mol. The van der Waals surface area contributed by atoms with Crippen LogP contribution in [-0.4, -0.2) is 5.78 Å². The lowest BCUT2D eigenvalue weighted by Crippen LogP contribution is -2.49. The van der Waals surface area contributed by atoms with E-state index >= 15 is 0 Å². The Hall–Kier alpha value is -0.850. The van der Waals surface area contributed by atoms with Gasteiger partial charge in [-0.15, -0.1) is 0 Å². The van der Waals surface area contributed by atoms with Crippen molar-refractivity contribution in [3.05, 3.63) is 23.8 Å². The highest BCUT2D eigenvalue weighted by Crippen LogP contribution is 2.66. The van der Waals surface area contributed by atoms with Crippen molar-refractivity contribution in [3.63, 3.8) is 0 Å². The summed E-state index contributed by atoms with van der Waals surface area (Å²) in [4.78, 5) is 11.8. The molecule has 0 amide bonds. The third-order valence-corrected chi connectivity index (χ3v) is 7.70. The molecule has 0 aromatic carbocycles. The molecule has 0 spiro atoms. The Morgan fingerprint density at radius 3 is 2.71 bits per heavy atom. The summed E-state index contributed by atoms with van der Waals surface area (Å²) in [6.07, 6.45) is 11.7. The molecule has 0 heterocycles. The van der Waals surface area contributed by atoms with Crippen molar-refractivity contribution in [2.24, 2.45) is 28.6 Å². The molecule has 0 aliphatic heterocycles. The van der Waals surface area contributed by atoms with Crippen LogP contribution in [-0.2, 0) is 4.79 Å². The second kappa shape index (κ2) is 4.33. The van der Waals surface area contributed by atoms with Crippen molar-refractivity contribution in [2.45, 2.75) is 65.2 Å². The van der Waals surface area contributed by atoms with E-state index in [1.54, 1.807) is 0 Å². The Bertz CT molecular complexity index is 542. The van der Waals surface area contributed by atoms with E-state index < -0.39 is 0 Å². The lowest BCUT2D eigenvalue weighted by molar-refractivity contribution is -0.117. The van der Waals surface area contributed by atoms with Gasteiger partial charge < -0.3 is 0 Å². The summed E-state index contributed by atoms with van der Waals surface area (Å²) in [5.41, 5.74) is 3.85. The van der Waals surface area contributed by atoms with E-state index in [4.69, 9.17) is 0 Å². The Morgan fingerprint density at radius 2 is 1.90 bits per heavy atom. The fourth-order valence-corrected chi connectivity index (χ4v) is 6.52. The molecule has 3 saturated carbocycles. The molecule has 4 rings (SSSR count). The summed E-state index contributed by atoms with van der Waals surface area (Å²) < 4.78 is 0. The number of hydrogen-bond acceptors (Lipinski definition) is 1. The summed E-state index contributed by atoms with van der Waals surface area (Å²) in [7, 11) is 0. The van der Waals surface area contributed by atoms with Gasteiger partial charge in [-0.2, -0.15) is 0 Å². The van der Waals surface area contributed by atoms with Gasteiger partial charge in [0.2, 0.25) is 0 Å². The Labute approximate surface area is 128 Å². The van der Waals surface area contributed by atoms with Crippen LogP contribution in [0.3, 0.4) is 0 Å². The predicted molar refractivity (Wildman–Crippen MR) is 85.9 cm³/mol. The number of hydrogen-bond donors (Lipinski definition) is 0. The minimum atomic E-state index is 0.307. The third-order valence-electron chi connectivity index (χ3n) is 7.70. The quantitative estimate of drug-likeness (QED) is 0.567. The number of allylic oxidation sites excluding steroid dienone is 2. The summed E-state index contributed by atoms with van der Waals surface area (Å²) in [5, 5.41) is 0. The van der Waals surface area contributed by atoms with E-state index in [0.717, 1.165) is 37.0 Å². The maximum Gasteiger partial charge on any atom is 0.155 e. The highest BCUT2D eigenvalue weighted by Gasteiger charge is 2.57. The molecule has 0 bridgehead atoms. The normalized spacial score (nSPS) is 49.2. The maximum atomic E-state index is 11.8. The van der Waals surface area contributed by atoms with Crippen molar-refractivity contribution < 1.29 is 4.79 Å². The van der Waals surface area contributed by atoms with Gasteiger partial charge in [-0.1, -0.05) is 31.6 Å². The van der Waals surface area contributed by atoms with E-state index in [0.29, 0.717) is 16.6 Å². The number of ketones is 1. The van der Waals surface area contributed by atoms with Crippen LogP contribution in [0.1, 0.15) is 65.2 Å². The minimum absolute atomic E-state index is 0.307. The van der Waals surface area contributed by atoms with Crippen LogP contribution in [0.15, 0.2) is 23.8 Å². The first-order chi connectivity index (χ1) is 9.94. The molecule has 4 aliphatic carbocycles. The molecule has 0 unspecified atom stereocenters. The van der Waals surface area contributed by atoms with E-state index in [2.05, 4.69) is 20.4 Å². The van der Waals surface area contributed by atoms with Gasteiger partial charge >= 0.3 is 0 Å². The first-order valence-corrected chi connectivity index (χ1v) is 8.86. The van der Waals surface area contributed by atoms with Crippen LogP contribution in [0.4, 0.5) is 0 Å². The van der Waals surface area contributed by atoms with Crippen LogP contribution in [0.5, 0.6) is 0 Å². The van der Waals surface area contributed by atoms with Gasteiger partial charge in [0.1, 0.15) is 0 Å². The first kappa shape index (κ1) is 13.8. The number of carbonyl (C=O) groups is 1. The molecule has 5 atom stereocenters. The maximum absolute atomic E-state index is 11.8. The van der Waals surface area contributed by atoms with E-state index in [-0.39, 0.29) is 0 Å². The predicted octanol–water partition coefficient (Wildman–Crippen LogP) is 5.07. The molecule has 0 saturated heterocycles. The highest BCUT2D eigenvalue weighted by atomic mass is 16.1. The van der Waals surface area contributed by atoms with E-state index in [1.165, 1.54) is 43.3 Å². The zero-order valence-electron chi connectivity index (χ0n) is 13.6. The lowest BCUT2D eigenvalue weighted by atomic mass is 9.47. The molecule has 0 aromatic heterocycles. The van der Waals surface area contributed by atoms with Gasteiger partial charge in [0.05, 0.1) is 0 Å². The summed E-state index contributed by atoms with van der Waals surface area (Å²) in [6.45, 7) is 9.42. The Balaban J connectivity index is 1.72. The zero-order chi connectivity index (χ0) is 14.8. The van der Waals surface area contributed by atoms with E-state index in [9.17, 15) is 4.79 Å². The smallest absolute Gasteiger partial charge is 0.155 e. The number of rotatable bonds is 0. The molecule has 114 valence electrons. The lowest BCUT2D eigenvalue weighted by Gasteiger charge is -2.57. The summed E-state index contributed by atoms with van der Waals surface area (Å²) >= 11 is 0. The second-order valence-corrected chi connectivity index (χ2v) is 8.69. The van der Waals surface area contributed by atoms with Crippen LogP contribution in [0, 0.1) is 28.6 Å². The Morgan fingerprint density at radius 1 is 1.10 bits per heavy atom. The van der Waals surface area contributed by atoms with Crippen molar-refractivity contribution in [1.82, 2.24) is 0 Å². The van der Waals surface area contributed by atoms with Gasteiger partial charge in [0.25, 0.3) is 0 Å². The van der Waals surface area contributed by atoms with Gasteiger partial charge in [0, 0.05) is 6.42 Å². The molecule has 0 N–H and O–H groups in total. The molecule has 3 fully saturated rings. The summed E-state index contributed by atoms with van der Waals surface area (Å²) in [6, 6.07) is 0. The van der Waals surface area contributed by atoms with Gasteiger partial charge in [-0.25, -0.2) is 0 Å². The molecule has 21 heavy (non-hydrogen) atoms. The molecule has 0 radical (unpaired) electrons. The summed E-state index contributed by atoms with van der Waals surface area (Å²) in [5.74, 6) is 2.74. The fourth-order valence-electron chi connectivity index (χ4n) is 6.52. The highest BCUT2D eigenvalue weighted by molar-refractivity contribution is 5.91. The third kappa shape index (κ3) is 1.79. The number of carbonyl (C=O) groups excluding carboxylic acids is 1. The average molecular weight is 284 g/mol. The van der Waals surface area contributed by atoms with Crippen LogP contribution in [0.25, 0.3) is 0 Å². The molecular formula is C20H28O. The molecule has 1 nitrogen and oxygen atoms in total. The molecule has 1 heteroatoms. The zero-order valence-corrected chi connectivity index (χ0v) is 13.6. The largest absolute Gasteiger partial charge is 0.295 e. The molecular weight excluding hydrogens is 256 g/mol. The van der Waals surface area contributed by atoms with E-state index in [1.807, 2.05) is 6.08 Å². The Kier molecular flexibility index (Phi) is 2.85. The van der Waals surface area contributed by atoms with Gasteiger partial charge in [-0.3, -0.25) is 4.79 Å². The van der Waals surface area contributed by atoms with Gasteiger partial charge in [0.15, 0.2) is 5.78 Å². The number of fused-ring (bicyclic) bond motifs is 5. The average Bonchev–Trinajstić information content (AvgIpc) is 2.76. The second-order valence-electron chi connectivity index (χ2n) is 8.69. The van der Waals surface area contributed by atoms with Crippen LogP contribution >= 0.6 is 0 Å². The van der Waals surface area contributed by atoms with Crippen molar-refractivity contribution in [3.8, 4) is 0 Å². The minimum Gasteiger partial charge on any atom is -0.295 e. The van der Waals surface area contributed by atoms with Gasteiger partial charge in [-0.05, 0) is 79.6 Å². The van der Waals surface area contributed by atoms with Crippen molar-refractivity contribution in [1.29, 1.82) is 0 Å². The molecule has 4 aliphatic rings. The molecule has 0 aromatic rings.